The average molecular weight is 460 g/mol. The van der Waals surface area contributed by atoms with Gasteiger partial charge in [0.05, 0.1) is 25.2 Å². The molecule has 2 aromatic rings. The first-order valence-electron chi connectivity index (χ1n) is 12.1. The van der Waals surface area contributed by atoms with Crippen LogP contribution in [0, 0.1) is 5.41 Å². The number of benzene rings is 2. The number of ether oxygens (including phenoxy) is 4. The van der Waals surface area contributed by atoms with Gasteiger partial charge >= 0.3 is 0 Å². The summed E-state index contributed by atoms with van der Waals surface area (Å²) in [6.45, 7) is 8.00. The minimum atomic E-state index is -0.604. The minimum absolute atomic E-state index is 0.00942. The molecule has 1 aliphatic carbocycles. The van der Waals surface area contributed by atoms with Crippen LogP contribution in [0.2, 0.25) is 0 Å². The third-order valence-electron chi connectivity index (χ3n) is 7.31. The molecule has 5 heteroatoms. The maximum Gasteiger partial charge on any atom is 0.195 e. The molecule has 34 heavy (non-hydrogen) atoms. The standard InChI is InChI=1S/C29H33NO4/c1-4-24-23-13-9-8-10-21(23)14-15-29(24,17-16-28(2)32-18-19-33-28)27-30-25(20-31-3)26(34-27)22-11-6-5-7-12-22/h4-15,24-26H,1,16-20H2,2-3H3/t24-,25?,26+,29-/m1/s1. The third-order valence-corrected chi connectivity index (χ3v) is 7.31. The van der Waals surface area contributed by atoms with E-state index in [1.165, 1.54) is 11.1 Å². The lowest BCUT2D eigenvalue weighted by Gasteiger charge is -2.41. The Balaban J connectivity index is 1.56. The Hall–Kier alpha value is -2.73. The van der Waals surface area contributed by atoms with Crippen LogP contribution >= 0.6 is 0 Å². The van der Waals surface area contributed by atoms with E-state index in [0.717, 1.165) is 24.3 Å². The maximum atomic E-state index is 6.74. The zero-order valence-corrected chi connectivity index (χ0v) is 20.0. The van der Waals surface area contributed by atoms with Gasteiger partial charge in [-0.15, -0.1) is 6.58 Å². The van der Waals surface area contributed by atoms with Crippen molar-refractivity contribution in [2.75, 3.05) is 26.9 Å². The molecule has 1 saturated heterocycles. The second-order valence-corrected chi connectivity index (χ2v) is 9.45. The van der Waals surface area contributed by atoms with E-state index < -0.39 is 11.2 Å². The van der Waals surface area contributed by atoms with E-state index in [2.05, 4.69) is 55.1 Å². The summed E-state index contributed by atoms with van der Waals surface area (Å²) in [6, 6.07) is 18.6. The van der Waals surface area contributed by atoms with Crippen LogP contribution in [-0.2, 0) is 18.9 Å². The van der Waals surface area contributed by atoms with Crippen LogP contribution in [0.15, 0.2) is 78.3 Å². The smallest absolute Gasteiger partial charge is 0.195 e. The van der Waals surface area contributed by atoms with Gasteiger partial charge < -0.3 is 18.9 Å². The lowest BCUT2D eigenvalue weighted by molar-refractivity contribution is -0.150. The van der Waals surface area contributed by atoms with Crippen molar-refractivity contribution in [3.05, 3.63) is 90.0 Å². The molecule has 1 unspecified atom stereocenters. The van der Waals surface area contributed by atoms with E-state index in [-0.39, 0.29) is 18.1 Å². The van der Waals surface area contributed by atoms with Crippen molar-refractivity contribution in [2.24, 2.45) is 10.4 Å². The highest BCUT2D eigenvalue weighted by Gasteiger charge is 2.50. The fourth-order valence-electron chi connectivity index (χ4n) is 5.49. The lowest BCUT2D eigenvalue weighted by Crippen LogP contribution is -2.40. The van der Waals surface area contributed by atoms with Gasteiger partial charge in [-0.05, 0) is 30.0 Å². The number of methoxy groups -OCH3 is 1. The van der Waals surface area contributed by atoms with Gasteiger partial charge in [0.25, 0.3) is 0 Å². The number of hydrogen-bond acceptors (Lipinski definition) is 5. The second kappa shape index (κ2) is 9.49. The van der Waals surface area contributed by atoms with Gasteiger partial charge in [0.2, 0.25) is 0 Å². The topological polar surface area (TPSA) is 49.3 Å². The Morgan fingerprint density at radius 1 is 1.06 bits per heavy atom. The summed E-state index contributed by atoms with van der Waals surface area (Å²) in [5, 5.41) is 0. The summed E-state index contributed by atoms with van der Waals surface area (Å²) >= 11 is 0. The predicted octanol–water partition coefficient (Wildman–Crippen LogP) is 5.70. The molecule has 2 heterocycles. The molecule has 2 aliphatic heterocycles. The molecule has 0 radical (unpaired) electrons. The number of fused-ring (bicyclic) bond motifs is 1. The van der Waals surface area contributed by atoms with Crippen LogP contribution < -0.4 is 0 Å². The highest BCUT2D eigenvalue weighted by Crippen LogP contribution is 2.52. The van der Waals surface area contributed by atoms with Gasteiger partial charge in [-0.3, -0.25) is 0 Å². The largest absolute Gasteiger partial charge is 0.470 e. The van der Waals surface area contributed by atoms with Crippen molar-refractivity contribution in [1.29, 1.82) is 0 Å². The van der Waals surface area contributed by atoms with Crippen LogP contribution in [-0.4, -0.2) is 44.7 Å². The molecule has 1 fully saturated rings. The molecule has 3 aliphatic rings. The first-order chi connectivity index (χ1) is 16.6. The molecule has 5 nitrogen and oxygen atoms in total. The van der Waals surface area contributed by atoms with Crippen molar-refractivity contribution < 1.29 is 18.9 Å². The monoisotopic (exact) mass is 459 g/mol. The van der Waals surface area contributed by atoms with Crippen molar-refractivity contribution >= 4 is 12.0 Å². The molecular weight excluding hydrogens is 426 g/mol. The van der Waals surface area contributed by atoms with Crippen LogP contribution in [0.4, 0.5) is 0 Å². The summed E-state index contributed by atoms with van der Waals surface area (Å²) in [5.41, 5.74) is 3.04. The molecule has 0 amide bonds. The SMILES string of the molecule is C=C[C@@H]1c2ccccc2C=C[C@]1(CCC1(C)OCCO1)C1=NC(COC)[C@H](c2ccccc2)O1. The summed E-state index contributed by atoms with van der Waals surface area (Å²) in [4.78, 5) is 5.16. The molecule has 0 N–H and O–H groups in total. The first-order valence-corrected chi connectivity index (χ1v) is 12.1. The van der Waals surface area contributed by atoms with E-state index in [9.17, 15) is 0 Å². The third kappa shape index (κ3) is 4.13. The number of rotatable bonds is 8. The van der Waals surface area contributed by atoms with E-state index in [1.54, 1.807) is 7.11 Å². The average Bonchev–Trinajstić information content (AvgIpc) is 3.50. The second-order valence-electron chi connectivity index (χ2n) is 9.45. The minimum Gasteiger partial charge on any atom is -0.470 e. The van der Waals surface area contributed by atoms with E-state index in [4.69, 9.17) is 23.9 Å². The molecule has 0 saturated carbocycles. The van der Waals surface area contributed by atoms with Gasteiger partial charge in [-0.25, -0.2) is 4.99 Å². The van der Waals surface area contributed by atoms with Gasteiger partial charge in [0, 0.05) is 19.4 Å². The summed E-state index contributed by atoms with van der Waals surface area (Å²) < 4.78 is 24.2. The molecule has 0 bridgehead atoms. The number of aliphatic imine (C=N–C) groups is 1. The molecule has 178 valence electrons. The lowest BCUT2D eigenvalue weighted by atomic mass is 9.64. The van der Waals surface area contributed by atoms with E-state index >= 15 is 0 Å². The Labute approximate surface area is 202 Å². The summed E-state index contributed by atoms with van der Waals surface area (Å²) in [5.74, 6) is 0.142. The van der Waals surface area contributed by atoms with Gasteiger partial charge in [-0.1, -0.05) is 72.8 Å². The number of allylic oxidation sites excluding steroid dienone is 1. The van der Waals surface area contributed by atoms with Crippen molar-refractivity contribution in [3.8, 4) is 0 Å². The van der Waals surface area contributed by atoms with Crippen molar-refractivity contribution in [3.63, 3.8) is 0 Å². The van der Waals surface area contributed by atoms with Crippen LogP contribution in [0.1, 0.15) is 48.5 Å². The maximum absolute atomic E-state index is 6.74. The molecule has 0 aromatic heterocycles. The Morgan fingerprint density at radius 3 is 2.53 bits per heavy atom. The normalized spacial score (nSPS) is 29.4. The first kappa shape index (κ1) is 23.0. The Bertz CT molecular complexity index is 1070. The van der Waals surface area contributed by atoms with E-state index in [1.807, 2.05) is 31.2 Å². The van der Waals surface area contributed by atoms with Crippen molar-refractivity contribution in [2.45, 2.75) is 43.6 Å². The molecular formula is C29H33NO4. The number of hydrogen-bond donors (Lipinski definition) is 0. The van der Waals surface area contributed by atoms with Crippen molar-refractivity contribution in [1.82, 2.24) is 0 Å². The van der Waals surface area contributed by atoms with Crippen LogP contribution in [0.3, 0.4) is 0 Å². The quantitative estimate of drug-likeness (QED) is 0.475. The van der Waals surface area contributed by atoms with E-state index in [0.29, 0.717) is 19.8 Å². The van der Waals surface area contributed by atoms with Gasteiger partial charge in [0.1, 0.15) is 12.1 Å². The fraction of sp³-hybridized carbons (Fsp3) is 0.414. The van der Waals surface area contributed by atoms with Gasteiger partial charge in [0.15, 0.2) is 11.7 Å². The molecule has 4 atom stereocenters. The zero-order chi connectivity index (χ0) is 23.6. The fourth-order valence-corrected chi connectivity index (χ4v) is 5.49. The molecule has 2 aromatic carbocycles. The van der Waals surface area contributed by atoms with Crippen LogP contribution in [0.25, 0.3) is 6.08 Å². The summed E-state index contributed by atoms with van der Waals surface area (Å²) in [6.07, 6.45) is 7.77. The highest BCUT2D eigenvalue weighted by atomic mass is 16.7. The predicted molar refractivity (Wildman–Crippen MR) is 134 cm³/mol. The Morgan fingerprint density at radius 2 is 1.79 bits per heavy atom. The highest BCUT2D eigenvalue weighted by molar-refractivity contribution is 5.90. The number of nitrogens with zero attached hydrogens (tertiary/aromatic N) is 1. The summed E-state index contributed by atoms with van der Waals surface area (Å²) in [7, 11) is 1.71. The molecule has 5 rings (SSSR count). The zero-order valence-electron chi connectivity index (χ0n) is 20.0. The van der Waals surface area contributed by atoms with Crippen LogP contribution in [0.5, 0.6) is 0 Å². The van der Waals surface area contributed by atoms with Gasteiger partial charge in [-0.2, -0.15) is 0 Å². The molecule has 0 spiro atoms. The Kier molecular flexibility index (Phi) is 6.43.